The summed E-state index contributed by atoms with van der Waals surface area (Å²) in [5, 5.41) is 5.74. The van der Waals surface area contributed by atoms with Crippen LogP contribution in [0, 0.1) is 6.92 Å². The van der Waals surface area contributed by atoms with E-state index in [9.17, 15) is 4.79 Å². The van der Waals surface area contributed by atoms with Crippen LogP contribution in [0.2, 0.25) is 5.02 Å². The molecule has 0 saturated heterocycles. The maximum absolute atomic E-state index is 13.2. The molecule has 2 aromatic carbocycles. The highest BCUT2D eigenvalue weighted by molar-refractivity contribution is 6.38. The van der Waals surface area contributed by atoms with Crippen molar-refractivity contribution in [1.29, 1.82) is 0 Å². The molecule has 0 saturated carbocycles. The van der Waals surface area contributed by atoms with Gasteiger partial charge in [-0.25, -0.2) is 9.67 Å². The number of halogens is 1. The first-order valence-electron chi connectivity index (χ1n) is 9.59. The summed E-state index contributed by atoms with van der Waals surface area (Å²) in [5.41, 5.74) is 5.22. The first-order chi connectivity index (χ1) is 14.1. The monoisotopic (exact) mass is 402 g/mol. The minimum Gasteiger partial charge on any atom is -0.334 e. The Bertz CT molecular complexity index is 1230. The summed E-state index contributed by atoms with van der Waals surface area (Å²) in [4.78, 5) is 19.6. The number of fused-ring (bicyclic) bond motifs is 2. The van der Waals surface area contributed by atoms with Crippen LogP contribution in [0.15, 0.2) is 60.8 Å². The SMILES string of the molecule is Cc1nn(-c2ccccc2)c2ncc(C(=O)N3CCc4ccccc4C3)c(Cl)c12. The maximum Gasteiger partial charge on any atom is 0.257 e. The molecule has 0 unspecified atom stereocenters. The summed E-state index contributed by atoms with van der Waals surface area (Å²) < 4.78 is 1.77. The zero-order chi connectivity index (χ0) is 20.0. The van der Waals surface area contributed by atoms with E-state index < -0.39 is 0 Å². The van der Waals surface area contributed by atoms with Gasteiger partial charge in [0.15, 0.2) is 5.65 Å². The Morgan fingerprint density at radius 3 is 2.55 bits per heavy atom. The average Bonchev–Trinajstić information content (AvgIpc) is 3.11. The molecule has 0 atom stereocenters. The summed E-state index contributed by atoms with van der Waals surface area (Å²) in [5.74, 6) is -0.0919. The minimum atomic E-state index is -0.0919. The molecule has 144 valence electrons. The summed E-state index contributed by atoms with van der Waals surface area (Å²) in [6, 6.07) is 18.0. The van der Waals surface area contributed by atoms with Gasteiger partial charge in [0.05, 0.1) is 27.4 Å². The van der Waals surface area contributed by atoms with E-state index in [0.29, 0.717) is 29.3 Å². The summed E-state index contributed by atoms with van der Waals surface area (Å²) in [6.07, 6.45) is 2.42. The first-order valence-corrected chi connectivity index (χ1v) is 9.96. The van der Waals surface area contributed by atoms with Gasteiger partial charge in [-0.1, -0.05) is 54.1 Å². The van der Waals surface area contributed by atoms with Crippen LogP contribution in [0.4, 0.5) is 0 Å². The molecule has 1 aliphatic rings. The van der Waals surface area contributed by atoms with Crippen molar-refractivity contribution in [3.63, 3.8) is 0 Å². The van der Waals surface area contributed by atoms with Gasteiger partial charge >= 0.3 is 0 Å². The van der Waals surface area contributed by atoms with Gasteiger partial charge in [-0.15, -0.1) is 0 Å². The van der Waals surface area contributed by atoms with Crippen molar-refractivity contribution in [2.75, 3.05) is 6.54 Å². The quantitative estimate of drug-likeness (QED) is 0.493. The van der Waals surface area contributed by atoms with E-state index in [1.807, 2.05) is 54.3 Å². The van der Waals surface area contributed by atoms with E-state index in [-0.39, 0.29) is 5.91 Å². The van der Waals surface area contributed by atoms with Gasteiger partial charge < -0.3 is 4.90 Å². The predicted molar refractivity (Wildman–Crippen MR) is 113 cm³/mol. The van der Waals surface area contributed by atoms with E-state index in [0.717, 1.165) is 23.2 Å². The van der Waals surface area contributed by atoms with Crippen molar-refractivity contribution in [3.8, 4) is 5.69 Å². The van der Waals surface area contributed by atoms with Crippen molar-refractivity contribution < 1.29 is 4.79 Å². The number of para-hydroxylation sites is 1. The van der Waals surface area contributed by atoms with Crippen molar-refractivity contribution in [2.24, 2.45) is 0 Å². The number of carbonyl (C=O) groups excluding carboxylic acids is 1. The third kappa shape index (κ3) is 2.98. The summed E-state index contributed by atoms with van der Waals surface area (Å²) >= 11 is 6.72. The first kappa shape index (κ1) is 17.9. The standard InChI is InChI=1S/C23H19ClN4O/c1-15-20-21(24)19(13-25-22(20)28(26-15)18-9-3-2-4-10-18)23(29)27-12-11-16-7-5-6-8-17(16)14-27/h2-10,13H,11-12,14H2,1H3. The second kappa shape index (κ2) is 7.01. The lowest BCUT2D eigenvalue weighted by Gasteiger charge is -2.29. The van der Waals surface area contributed by atoms with E-state index in [2.05, 4.69) is 22.2 Å². The fraction of sp³-hybridized carbons (Fsp3) is 0.174. The van der Waals surface area contributed by atoms with Crippen molar-refractivity contribution in [2.45, 2.75) is 19.9 Å². The van der Waals surface area contributed by atoms with Crippen LogP contribution in [-0.2, 0) is 13.0 Å². The molecule has 5 rings (SSSR count). The number of aryl methyl sites for hydroxylation is 1. The smallest absolute Gasteiger partial charge is 0.257 e. The molecule has 1 aliphatic heterocycles. The molecule has 0 spiro atoms. The second-order valence-corrected chi connectivity index (χ2v) is 7.64. The Morgan fingerprint density at radius 1 is 1.03 bits per heavy atom. The van der Waals surface area contributed by atoms with E-state index in [4.69, 9.17) is 11.6 Å². The van der Waals surface area contributed by atoms with E-state index in [1.54, 1.807) is 10.9 Å². The van der Waals surface area contributed by atoms with Crippen LogP contribution in [-0.4, -0.2) is 32.1 Å². The Kier molecular flexibility index (Phi) is 4.32. The van der Waals surface area contributed by atoms with E-state index in [1.165, 1.54) is 11.1 Å². The van der Waals surface area contributed by atoms with Crippen LogP contribution < -0.4 is 0 Å². The number of hydrogen-bond acceptors (Lipinski definition) is 3. The highest BCUT2D eigenvalue weighted by atomic mass is 35.5. The molecule has 0 aliphatic carbocycles. The molecule has 0 fully saturated rings. The van der Waals surface area contributed by atoms with Gasteiger partial charge in [-0.05, 0) is 36.6 Å². The minimum absolute atomic E-state index is 0.0919. The summed E-state index contributed by atoms with van der Waals surface area (Å²) in [7, 11) is 0. The number of nitrogens with zero attached hydrogens (tertiary/aromatic N) is 4. The molecule has 4 aromatic rings. The third-order valence-corrected chi connectivity index (χ3v) is 5.85. The van der Waals surface area contributed by atoms with Gasteiger partial charge in [-0.3, -0.25) is 4.79 Å². The molecule has 0 bridgehead atoms. The van der Waals surface area contributed by atoms with Crippen molar-refractivity contribution in [3.05, 3.63) is 88.2 Å². The highest BCUT2D eigenvalue weighted by Gasteiger charge is 2.26. The maximum atomic E-state index is 13.2. The number of amides is 1. The normalized spacial score (nSPS) is 13.5. The van der Waals surface area contributed by atoms with Gasteiger partial charge in [0.1, 0.15) is 0 Å². The van der Waals surface area contributed by atoms with Gasteiger partial charge in [0.25, 0.3) is 5.91 Å². The van der Waals surface area contributed by atoms with Crippen LogP contribution in [0.5, 0.6) is 0 Å². The lowest BCUT2D eigenvalue weighted by atomic mass is 9.99. The van der Waals surface area contributed by atoms with Gasteiger partial charge in [0.2, 0.25) is 0 Å². The van der Waals surface area contributed by atoms with Crippen LogP contribution in [0.25, 0.3) is 16.7 Å². The molecule has 0 N–H and O–H groups in total. The molecule has 6 heteroatoms. The Labute approximate surface area is 173 Å². The molecular formula is C23H19ClN4O. The van der Waals surface area contributed by atoms with Crippen LogP contribution in [0.3, 0.4) is 0 Å². The molecule has 29 heavy (non-hydrogen) atoms. The predicted octanol–water partition coefficient (Wildman–Crippen LogP) is 4.58. The van der Waals surface area contributed by atoms with Crippen LogP contribution in [0.1, 0.15) is 27.2 Å². The largest absolute Gasteiger partial charge is 0.334 e. The van der Waals surface area contributed by atoms with Crippen molar-refractivity contribution in [1.82, 2.24) is 19.7 Å². The van der Waals surface area contributed by atoms with Gasteiger partial charge in [-0.2, -0.15) is 5.10 Å². The number of aromatic nitrogens is 3. The molecular weight excluding hydrogens is 384 g/mol. The molecule has 1 amide bonds. The highest BCUT2D eigenvalue weighted by Crippen LogP contribution is 2.31. The lowest BCUT2D eigenvalue weighted by Crippen LogP contribution is -2.36. The van der Waals surface area contributed by atoms with Crippen LogP contribution >= 0.6 is 11.6 Å². The molecule has 5 nitrogen and oxygen atoms in total. The number of pyridine rings is 1. The average molecular weight is 403 g/mol. The van der Waals surface area contributed by atoms with Gasteiger partial charge in [0, 0.05) is 19.3 Å². The number of hydrogen-bond donors (Lipinski definition) is 0. The molecule has 2 aromatic heterocycles. The lowest BCUT2D eigenvalue weighted by molar-refractivity contribution is 0.0734. The zero-order valence-corrected chi connectivity index (χ0v) is 16.7. The third-order valence-electron chi connectivity index (χ3n) is 5.46. The van der Waals surface area contributed by atoms with Crippen molar-refractivity contribution >= 4 is 28.5 Å². The number of benzene rings is 2. The number of carbonyl (C=O) groups is 1. The topological polar surface area (TPSA) is 51.0 Å². The molecule has 0 radical (unpaired) electrons. The molecule has 3 heterocycles. The second-order valence-electron chi connectivity index (χ2n) is 7.26. The fourth-order valence-electron chi connectivity index (χ4n) is 3.95. The zero-order valence-electron chi connectivity index (χ0n) is 16.0. The Hall–Kier alpha value is -3.18. The Balaban J connectivity index is 1.54. The van der Waals surface area contributed by atoms with E-state index >= 15 is 0 Å². The Morgan fingerprint density at radius 2 is 1.76 bits per heavy atom. The fourth-order valence-corrected chi connectivity index (χ4v) is 4.30. The summed E-state index contributed by atoms with van der Waals surface area (Å²) in [6.45, 7) is 3.15. The number of rotatable bonds is 2.